The fourth-order valence-corrected chi connectivity index (χ4v) is 2.31. The van der Waals surface area contributed by atoms with Crippen molar-refractivity contribution in [2.45, 2.75) is 32.6 Å². The Balaban J connectivity index is 2.38. The van der Waals surface area contributed by atoms with Crippen LogP contribution in [0, 0.1) is 0 Å². The standard InChI is InChI=1S/C15H19NO2/c1-3-7-12(15(17)18-4-2)13-10-16-14-9-6-5-8-11(13)14/h5-6,8-10,12,16H,3-4,7H2,1-2H3. The summed E-state index contributed by atoms with van der Waals surface area (Å²) in [7, 11) is 0. The normalized spacial score (nSPS) is 12.6. The fourth-order valence-electron chi connectivity index (χ4n) is 2.31. The van der Waals surface area contributed by atoms with Gasteiger partial charge >= 0.3 is 5.97 Å². The van der Waals surface area contributed by atoms with E-state index in [-0.39, 0.29) is 11.9 Å². The first-order valence-electron chi connectivity index (χ1n) is 6.50. The number of benzene rings is 1. The predicted molar refractivity (Wildman–Crippen MR) is 72.6 cm³/mol. The lowest BCUT2D eigenvalue weighted by Crippen LogP contribution is -2.15. The van der Waals surface area contributed by atoms with Gasteiger partial charge in [-0.25, -0.2) is 0 Å². The lowest BCUT2D eigenvalue weighted by atomic mass is 9.94. The quantitative estimate of drug-likeness (QED) is 0.817. The van der Waals surface area contributed by atoms with Gasteiger partial charge in [-0.1, -0.05) is 31.5 Å². The number of rotatable bonds is 5. The minimum atomic E-state index is -0.161. The van der Waals surface area contributed by atoms with E-state index >= 15 is 0 Å². The summed E-state index contributed by atoms with van der Waals surface area (Å²) in [5.74, 6) is -0.282. The molecule has 1 aromatic heterocycles. The lowest BCUT2D eigenvalue weighted by Gasteiger charge is -2.14. The number of carbonyl (C=O) groups excluding carboxylic acids is 1. The molecule has 1 unspecified atom stereocenters. The molecule has 96 valence electrons. The smallest absolute Gasteiger partial charge is 0.313 e. The molecule has 1 aromatic carbocycles. The van der Waals surface area contributed by atoms with Crippen LogP contribution in [0.1, 0.15) is 38.2 Å². The van der Waals surface area contributed by atoms with Crippen LogP contribution in [0.2, 0.25) is 0 Å². The highest BCUT2D eigenvalue weighted by Crippen LogP contribution is 2.29. The number of para-hydroxylation sites is 1. The Morgan fingerprint density at radius 1 is 1.33 bits per heavy atom. The number of hydrogen-bond acceptors (Lipinski definition) is 2. The van der Waals surface area contributed by atoms with Gasteiger partial charge in [0.05, 0.1) is 12.5 Å². The third kappa shape index (κ3) is 2.40. The third-order valence-electron chi connectivity index (χ3n) is 3.15. The first-order valence-corrected chi connectivity index (χ1v) is 6.50. The van der Waals surface area contributed by atoms with Gasteiger partial charge in [0, 0.05) is 17.1 Å². The number of carbonyl (C=O) groups is 1. The molecular weight excluding hydrogens is 226 g/mol. The van der Waals surface area contributed by atoms with Crippen molar-refractivity contribution >= 4 is 16.9 Å². The van der Waals surface area contributed by atoms with Crippen molar-refractivity contribution < 1.29 is 9.53 Å². The predicted octanol–water partition coefficient (Wildman–Crippen LogP) is 3.61. The van der Waals surface area contributed by atoms with E-state index in [1.807, 2.05) is 37.4 Å². The molecule has 3 nitrogen and oxygen atoms in total. The molecule has 0 bridgehead atoms. The zero-order valence-corrected chi connectivity index (χ0v) is 10.9. The summed E-state index contributed by atoms with van der Waals surface area (Å²) in [6, 6.07) is 8.05. The van der Waals surface area contributed by atoms with E-state index in [2.05, 4.69) is 11.9 Å². The summed E-state index contributed by atoms with van der Waals surface area (Å²) in [6.07, 6.45) is 3.71. The first kappa shape index (κ1) is 12.7. The van der Waals surface area contributed by atoms with Crippen LogP contribution in [0.3, 0.4) is 0 Å². The summed E-state index contributed by atoms with van der Waals surface area (Å²) in [5.41, 5.74) is 2.11. The van der Waals surface area contributed by atoms with Gasteiger partial charge in [0.25, 0.3) is 0 Å². The SMILES string of the molecule is CCCC(C(=O)OCC)c1c[nH]c2ccccc12. The highest BCUT2D eigenvalue weighted by atomic mass is 16.5. The van der Waals surface area contributed by atoms with Crippen molar-refractivity contribution in [3.8, 4) is 0 Å². The largest absolute Gasteiger partial charge is 0.466 e. The van der Waals surface area contributed by atoms with Gasteiger partial charge in [0.1, 0.15) is 0 Å². The van der Waals surface area contributed by atoms with E-state index in [0.29, 0.717) is 6.61 Å². The van der Waals surface area contributed by atoms with Crippen molar-refractivity contribution in [3.63, 3.8) is 0 Å². The zero-order chi connectivity index (χ0) is 13.0. The van der Waals surface area contributed by atoms with Gasteiger partial charge in [0.2, 0.25) is 0 Å². The molecule has 0 aliphatic rings. The Morgan fingerprint density at radius 3 is 2.83 bits per heavy atom. The van der Waals surface area contributed by atoms with E-state index in [9.17, 15) is 4.79 Å². The second kappa shape index (κ2) is 5.71. The number of fused-ring (bicyclic) bond motifs is 1. The average molecular weight is 245 g/mol. The number of aromatic nitrogens is 1. The number of aromatic amines is 1. The zero-order valence-electron chi connectivity index (χ0n) is 10.9. The van der Waals surface area contributed by atoms with Gasteiger partial charge < -0.3 is 9.72 Å². The van der Waals surface area contributed by atoms with Gasteiger partial charge in [-0.3, -0.25) is 4.79 Å². The van der Waals surface area contributed by atoms with Gasteiger partial charge in [-0.05, 0) is 25.0 Å². The summed E-state index contributed by atoms with van der Waals surface area (Å²) in [4.78, 5) is 15.3. The van der Waals surface area contributed by atoms with Crippen molar-refractivity contribution in [2.24, 2.45) is 0 Å². The number of nitrogens with one attached hydrogen (secondary N) is 1. The molecule has 0 spiro atoms. The summed E-state index contributed by atoms with van der Waals surface area (Å²) in [6.45, 7) is 4.36. The monoisotopic (exact) mass is 245 g/mol. The number of H-pyrrole nitrogens is 1. The maximum atomic E-state index is 12.0. The molecule has 0 aliphatic carbocycles. The molecule has 2 rings (SSSR count). The third-order valence-corrected chi connectivity index (χ3v) is 3.15. The molecule has 1 heterocycles. The van der Waals surface area contributed by atoms with Crippen molar-refractivity contribution in [3.05, 3.63) is 36.0 Å². The molecule has 0 aliphatic heterocycles. The van der Waals surface area contributed by atoms with Crippen LogP contribution in [0.15, 0.2) is 30.5 Å². The Morgan fingerprint density at radius 2 is 2.11 bits per heavy atom. The van der Waals surface area contributed by atoms with Gasteiger partial charge in [0.15, 0.2) is 0 Å². The van der Waals surface area contributed by atoms with Crippen LogP contribution >= 0.6 is 0 Å². The summed E-state index contributed by atoms with van der Waals surface area (Å²) >= 11 is 0. The van der Waals surface area contributed by atoms with Crippen molar-refractivity contribution in [1.82, 2.24) is 4.98 Å². The van der Waals surface area contributed by atoms with E-state index in [0.717, 1.165) is 29.3 Å². The minimum Gasteiger partial charge on any atom is -0.466 e. The second-order valence-electron chi connectivity index (χ2n) is 4.38. The first-order chi connectivity index (χ1) is 8.77. The molecule has 0 saturated heterocycles. The Bertz CT molecular complexity index is 530. The molecule has 0 fully saturated rings. The molecule has 2 aromatic rings. The molecular formula is C15H19NO2. The van der Waals surface area contributed by atoms with Gasteiger partial charge in [-0.2, -0.15) is 0 Å². The number of ether oxygens (including phenoxy) is 1. The van der Waals surface area contributed by atoms with Crippen LogP contribution in [0.5, 0.6) is 0 Å². The van der Waals surface area contributed by atoms with Crippen LogP contribution in [0.4, 0.5) is 0 Å². The van der Waals surface area contributed by atoms with Crippen LogP contribution in [-0.2, 0) is 9.53 Å². The van der Waals surface area contributed by atoms with E-state index in [1.165, 1.54) is 0 Å². The Hall–Kier alpha value is -1.77. The van der Waals surface area contributed by atoms with Crippen LogP contribution in [-0.4, -0.2) is 17.6 Å². The van der Waals surface area contributed by atoms with E-state index in [1.54, 1.807) is 0 Å². The molecule has 0 radical (unpaired) electrons. The second-order valence-corrected chi connectivity index (χ2v) is 4.38. The van der Waals surface area contributed by atoms with Crippen LogP contribution < -0.4 is 0 Å². The highest BCUT2D eigenvalue weighted by molar-refractivity contribution is 5.89. The molecule has 1 N–H and O–H groups in total. The average Bonchev–Trinajstić information content (AvgIpc) is 2.80. The highest BCUT2D eigenvalue weighted by Gasteiger charge is 2.23. The van der Waals surface area contributed by atoms with Crippen molar-refractivity contribution in [2.75, 3.05) is 6.61 Å². The van der Waals surface area contributed by atoms with Crippen molar-refractivity contribution in [1.29, 1.82) is 0 Å². The maximum absolute atomic E-state index is 12.0. The molecule has 0 saturated carbocycles. The van der Waals surface area contributed by atoms with E-state index < -0.39 is 0 Å². The summed E-state index contributed by atoms with van der Waals surface area (Å²) in [5, 5.41) is 1.11. The summed E-state index contributed by atoms with van der Waals surface area (Å²) < 4.78 is 5.18. The minimum absolute atomic E-state index is 0.121. The Kier molecular flexibility index (Phi) is 4.03. The Labute approximate surface area is 107 Å². The topological polar surface area (TPSA) is 42.1 Å². The van der Waals surface area contributed by atoms with Crippen LogP contribution in [0.25, 0.3) is 10.9 Å². The molecule has 18 heavy (non-hydrogen) atoms. The molecule has 0 amide bonds. The molecule has 3 heteroatoms. The number of hydrogen-bond donors (Lipinski definition) is 1. The number of esters is 1. The van der Waals surface area contributed by atoms with Gasteiger partial charge in [-0.15, -0.1) is 0 Å². The fraction of sp³-hybridized carbons (Fsp3) is 0.400. The lowest BCUT2D eigenvalue weighted by molar-refractivity contribution is -0.145. The van der Waals surface area contributed by atoms with E-state index in [4.69, 9.17) is 4.74 Å². The molecule has 1 atom stereocenters. The maximum Gasteiger partial charge on any atom is 0.313 e.